The normalized spacial score (nSPS) is 12.2. The maximum absolute atomic E-state index is 7.79. The first-order chi connectivity index (χ1) is 11.4. The molecule has 3 nitrogen and oxygen atoms in total. The van der Waals surface area contributed by atoms with E-state index in [1.165, 1.54) is 0 Å². The summed E-state index contributed by atoms with van der Waals surface area (Å²) in [6, 6.07) is 18.6. The molecule has 1 aromatic heterocycles. The number of benzene rings is 2. The van der Waals surface area contributed by atoms with E-state index in [9.17, 15) is 0 Å². The summed E-state index contributed by atoms with van der Waals surface area (Å²) in [6.45, 7) is 7.08. The number of nitrogens with zero attached hydrogens (tertiary/aromatic N) is 2. The van der Waals surface area contributed by atoms with Crippen molar-refractivity contribution in [2.24, 2.45) is 0 Å². The molecule has 0 N–H and O–H groups in total. The molecule has 0 radical (unpaired) electrons. The zero-order valence-electron chi connectivity index (χ0n) is 14.8. The summed E-state index contributed by atoms with van der Waals surface area (Å²) in [5.41, 5.74) is 3.03. The van der Waals surface area contributed by atoms with Crippen LogP contribution in [0.1, 0.15) is 1.37 Å². The maximum Gasteiger partial charge on any atom is 0.186 e. The summed E-state index contributed by atoms with van der Waals surface area (Å²) < 4.78 is 13.9. The maximum atomic E-state index is 7.79. The Labute approximate surface area is 140 Å². The van der Waals surface area contributed by atoms with Gasteiger partial charge < -0.3 is 9.33 Å². The lowest BCUT2D eigenvalue weighted by Crippen LogP contribution is -2.32. The fourth-order valence-corrected chi connectivity index (χ4v) is 2.86. The molecule has 0 unspecified atom stereocenters. The van der Waals surface area contributed by atoms with Crippen LogP contribution in [0.15, 0.2) is 66.8 Å². The van der Waals surface area contributed by atoms with E-state index in [2.05, 4.69) is 53.8 Å². The third kappa shape index (κ3) is 3.97. The van der Waals surface area contributed by atoms with Crippen LogP contribution < -0.4 is 4.90 Å². The van der Waals surface area contributed by atoms with Crippen molar-refractivity contribution >= 4 is 30.6 Å². The van der Waals surface area contributed by atoms with E-state index in [1.807, 2.05) is 30.3 Å². The lowest BCUT2D eigenvalue weighted by atomic mass is 10.2. The van der Waals surface area contributed by atoms with Crippen LogP contribution in [-0.4, -0.2) is 20.0 Å². The number of fused-ring (bicyclic) bond motifs is 1. The van der Waals surface area contributed by atoms with Crippen molar-refractivity contribution in [1.29, 1.82) is 0 Å². The quantitative estimate of drug-likeness (QED) is 0.478. The number of hydrogen-bond acceptors (Lipinski definition) is 3. The van der Waals surface area contributed by atoms with Gasteiger partial charge in [0.05, 0.1) is 6.89 Å². The van der Waals surface area contributed by atoms with Crippen LogP contribution in [-0.2, 0) is 4.43 Å². The predicted octanol–water partition coefficient (Wildman–Crippen LogP) is 5.18. The smallest absolute Gasteiger partial charge is 0.186 e. The largest absolute Gasteiger partial charge is 0.400 e. The second-order valence-electron chi connectivity index (χ2n) is 6.46. The predicted molar refractivity (Wildman–Crippen MR) is 99.6 cm³/mol. The van der Waals surface area contributed by atoms with Crippen LogP contribution in [0.4, 0.5) is 11.4 Å². The lowest BCUT2D eigenvalue weighted by molar-refractivity contribution is 0.321. The molecule has 4 heteroatoms. The second kappa shape index (κ2) is 6.52. The number of rotatable bonds is 5. The summed E-state index contributed by atoms with van der Waals surface area (Å²) in [5.74, 6) is 0. The van der Waals surface area contributed by atoms with E-state index in [0.29, 0.717) is 12.8 Å². The van der Waals surface area contributed by atoms with Gasteiger partial charge in [-0.25, -0.2) is 0 Å². The van der Waals surface area contributed by atoms with Gasteiger partial charge in [0.1, 0.15) is 6.73 Å². The van der Waals surface area contributed by atoms with E-state index in [-0.39, 0.29) is 0 Å². The van der Waals surface area contributed by atoms with Crippen LogP contribution in [0, 0.1) is 0 Å². The van der Waals surface area contributed by atoms with E-state index in [1.54, 1.807) is 6.20 Å². The van der Waals surface area contributed by atoms with Crippen LogP contribution in [0.5, 0.6) is 0 Å². The van der Waals surface area contributed by atoms with Crippen molar-refractivity contribution < 1.29 is 5.80 Å². The third-order valence-corrected chi connectivity index (χ3v) is 4.53. The summed E-state index contributed by atoms with van der Waals surface area (Å²) in [5, 5.41) is 0.967. The molecule has 0 saturated carbocycles. The van der Waals surface area contributed by atoms with Crippen molar-refractivity contribution in [3.05, 3.63) is 66.8 Å². The van der Waals surface area contributed by atoms with Crippen molar-refractivity contribution in [3.63, 3.8) is 0 Å². The number of aromatic nitrogens is 1. The Morgan fingerprint density at radius 3 is 2.57 bits per heavy atom. The Kier molecular flexibility index (Phi) is 4.09. The number of hydrogen-bond donors (Lipinski definition) is 0. The van der Waals surface area contributed by atoms with Gasteiger partial charge in [-0.3, -0.25) is 4.98 Å². The molecule has 3 aromatic rings. The Bertz CT molecular complexity index is 834. The molecule has 0 amide bonds. The number of pyridine rings is 1. The number of anilines is 2. The van der Waals surface area contributed by atoms with Gasteiger partial charge >= 0.3 is 0 Å². The third-order valence-electron chi connectivity index (χ3n) is 3.53. The van der Waals surface area contributed by atoms with E-state index in [0.717, 1.165) is 22.3 Å². The van der Waals surface area contributed by atoms with Gasteiger partial charge in [-0.2, -0.15) is 0 Å². The van der Waals surface area contributed by atoms with Gasteiger partial charge in [-0.15, -0.1) is 0 Å². The topological polar surface area (TPSA) is 25.4 Å². The molecular formula is C19H22N2OSi. The minimum atomic E-state index is -1.63. The zero-order valence-corrected chi connectivity index (χ0v) is 14.8. The van der Waals surface area contributed by atoms with Gasteiger partial charge in [-0.05, 0) is 56.0 Å². The van der Waals surface area contributed by atoms with Crippen LogP contribution >= 0.6 is 0 Å². The first-order valence-electron chi connectivity index (χ1n) is 8.25. The van der Waals surface area contributed by atoms with Gasteiger partial charge in [0, 0.05) is 23.0 Å². The molecule has 0 aliphatic carbocycles. The highest BCUT2D eigenvalue weighted by Gasteiger charge is 2.18. The fourth-order valence-electron chi connectivity index (χ4n) is 2.34. The molecule has 23 heavy (non-hydrogen) atoms. The molecule has 0 spiro atoms. The van der Waals surface area contributed by atoms with Crippen molar-refractivity contribution in [2.75, 3.05) is 11.6 Å². The molecule has 0 atom stereocenters. The Morgan fingerprint density at radius 2 is 1.83 bits per heavy atom. The standard InChI is InChI=1S/C19H22N2OSi/c1-23(2,3)22-15-21(17-9-5-4-6-10-17)18-11-12-19-16(14-18)8-7-13-20-19/h4-14H,15H2,1-3H3/i7D. The summed E-state index contributed by atoms with van der Waals surface area (Å²) in [4.78, 5) is 6.47. The lowest BCUT2D eigenvalue weighted by Gasteiger charge is -2.29. The highest BCUT2D eigenvalue weighted by molar-refractivity contribution is 6.69. The molecule has 0 fully saturated rings. The van der Waals surface area contributed by atoms with Crippen LogP contribution in [0.25, 0.3) is 10.9 Å². The van der Waals surface area contributed by atoms with Crippen molar-refractivity contribution in [1.82, 2.24) is 4.98 Å². The highest BCUT2D eigenvalue weighted by Crippen LogP contribution is 2.28. The molecule has 3 rings (SSSR count). The molecule has 2 aromatic carbocycles. The Hall–Kier alpha value is -2.17. The summed E-state index contributed by atoms with van der Waals surface area (Å²) in [7, 11) is -1.63. The molecular weight excluding hydrogens is 300 g/mol. The van der Waals surface area contributed by atoms with Gasteiger partial charge in [-0.1, -0.05) is 24.3 Å². The molecule has 0 bridgehead atoms. The van der Waals surface area contributed by atoms with Gasteiger partial charge in [0.15, 0.2) is 8.32 Å². The average Bonchev–Trinajstić information content (AvgIpc) is 2.54. The van der Waals surface area contributed by atoms with Crippen LogP contribution in [0.2, 0.25) is 19.6 Å². The van der Waals surface area contributed by atoms with E-state index >= 15 is 0 Å². The minimum Gasteiger partial charge on any atom is -0.400 e. The Morgan fingerprint density at radius 1 is 1.04 bits per heavy atom. The first-order valence-corrected chi connectivity index (χ1v) is 11.2. The van der Waals surface area contributed by atoms with Gasteiger partial charge in [0.2, 0.25) is 0 Å². The fraction of sp³-hybridized carbons (Fsp3) is 0.211. The van der Waals surface area contributed by atoms with E-state index in [4.69, 9.17) is 5.80 Å². The Balaban J connectivity index is 2.01. The average molecular weight is 323 g/mol. The van der Waals surface area contributed by atoms with Crippen molar-refractivity contribution in [3.8, 4) is 0 Å². The van der Waals surface area contributed by atoms with Gasteiger partial charge in [0.25, 0.3) is 0 Å². The SMILES string of the molecule is [2H]c1cnc2ccc(N(CO[Si](C)(C)C)c3ccccc3)cc2c1. The van der Waals surface area contributed by atoms with E-state index < -0.39 is 8.32 Å². The first kappa shape index (κ1) is 14.4. The second-order valence-corrected chi connectivity index (χ2v) is 11.0. The molecule has 1 heterocycles. The van der Waals surface area contributed by atoms with Crippen molar-refractivity contribution in [2.45, 2.75) is 19.6 Å². The molecule has 0 aliphatic rings. The number of para-hydroxylation sites is 1. The minimum absolute atomic E-state index is 0.421. The molecule has 0 saturated heterocycles. The monoisotopic (exact) mass is 323 g/mol. The van der Waals surface area contributed by atoms with Crippen LogP contribution in [0.3, 0.4) is 0 Å². The summed E-state index contributed by atoms with van der Waals surface area (Å²) >= 11 is 0. The summed E-state index contributed by atoms with van der Waals surface area (Å²) in [6.07, 6.45) is 1.57. The molecule has 118 valence electrons. The zero-order chi connectivity index (χ0) is 17.2. The highest BCUT2D eigenvalue weighted by atomic mass is 28.4. The molecule has 0 aliphatic heterocycles.